The first-order valence-electron chi connectivity index (χ1n) is 17.3. The topological polar surface area (TPSA) is 89.8 Å². The van der Waals surface area contributed by atoms with Crippen LogP contribution in [0.4, 0.5) is 0 Å². The summed E-state index contributed by atoms with van der Waals surface area (Å²) in [5, 5.41) is 32.9. The number of amides is 1. The molecule has 5 heteroatoms. The van der Waals surface area contributed by atoms with Crippen molar-refractivity contribution in [3.05, 3.63) is 36.5 Å². The number of aliphatic hydroxyl groups excluding tert-OH is 3. The molecule has 0 spiro atoms. The zero-order chi connectivity index (χ0) is 30.2. The van der Waals surface area contributed by atoms with Crippen LogP contribution in [0.3, 0.4) is 0 Å². The van der Waals surface area contributed by atoms with Gasteiger partial charge in [-0.2, -0.15) is 0 Å². The van der Waals surface area contributed by atoms with E-state index in [0.717, 1.165) is 38.5 Å². The second kappa shape index (κ2) is 31.5. The van der Waals surface area contributed by atoms with E-state index in [4.69, 9.17) is 0 Å². The summed E-state index contributed by atoms with van der Waals surface area (Å²) < 4.78 is 0. The van der Waals surface area contributed by atoms with E-state index >= 15 is 0 Å². The smallest absolute Gasteiger partial charge is 0.222 e. The number of unbranched alkanes of at least 4 members (excludes halogenated alkanes) is 17. The van der Waals surface area contributed by atoms with Gasteiger partial charge in [0.15, 0.2) is 0 Å². The predicted octanol–water partition coefficient (Wildman–Crippen LogP) is 8.87. The highest BCUT2D eigenvalue weighted by Gasteiger charge is 2.20. The minimum Gasteiger partial charge on any atom is -0.394 e. The molecule has 4 N–H and O–H groups in total. The molecule has 0 fully saturated rings. The van der Waals surface area contributed by atoms with Crippen LogP contribution in [-0.2, 0) is 4.79 Å². The standard InChI is InChI=1S/C36H67NO4/c1-3-5-7-9-11-13-15-16-17-18-19-20-22-24-26-28-30-35(40)34(32-38)37-36(41)31-33(39)29-27-25-23-21-14-12-10-8-6-4-2/h16-17,20,22,28,30,33-35,38-40H,3-15,18-19,21,23-27,29,31-32H2,1-2H3,(H,37,41)/b17-16+,22-20+,30-28+. The maximum atomic E-state index is 12.3. The molecular formula is C36H67NO4. The lowest BCUT2D eigenvalue weighted by Gasteiger charge is -2.21. The van der Waals surface area contributed by atoms with E-state index in [9.17, 15) is 20.1 Å². The van der Waals surface area contributed by atoms with Crippen LogP contribution < -0.4 is 5.32 Å². The fourth-order valence-electron chi connectivity index (χ4n) is 4.96. The number of allylic oxidation sites excluding steroid dienone is 5. The van der Waals surface area contributed by atoms with Crippen LogP contribution in [0.25, 0.3) is 0 Å². The Morgan fingerprint density at radius 2 is 1.05 bits per heavy atom. The van der Waals surface area contributed by atoms with Gasteiger partial charge in [-0.3, -0.25) is 4.79 Å². The van der Waals surface area contributed by atoms with Crippen LogP contribution in [0, 0.1) is 0 Å². The predicted molar refractivity (Wildman–Crippen MR) is 176 cm³/mol. The third-order valence-electron chi connectivity index (χ3n) is 7.66. The second-order valence-corrected chi connectivity index (χ2v) is 11.8. The molecule has 0 bridgehead atoms. The van der Waals surface area contributed by atoms with Crippen molar-refractivity contribution in [2.45, 2.75) is 180 Å². The van der Waals surface area contributed by atoms with Gasteiger partial charge in [-0.05, 0) is 44.9 Å². The number of nitrogens with one attached hydrogen (secondary N) is 1. The second-order valence-electron chi connectivity index (χ2n) is 11.8. The van der Waals surface area contributed by atoms with Crippen molar-refractivity contribution in [2.75, 3.05) is 6.61 Å². The van der Waals surface area contributed by atoms with Crippen LogP contribution >= 0.6 is 0 Å². The van der Waals surface area contributed by atoms with Gasteiger partial charge >= 0.3 is 0 Å². The van der Waals surface area contributed by atoms with Crippen LogP contribution in [-0.4, -0.2) is 46.1 Å². The van der Waals surface area contributed by atoms with Crippen molar-refractivity contribution in [2.24, 2.45) is 0 Å². The number of carbonyl (C=O) groups excluding carboxylic acids is 1. The minimum atomic E-state index is -0.955. The van der Waals surface area contributed by atoms with E-state index in [0.29, 0.717) is 6.42 Å². The van der Waals surface area contributed by atoms with Gasteiger partial charge in [0.25, 0.3) is 0 Å². The molecule has 0 aromatic carbocycles. The quantitative estimate of drug-likeness (QED) is 0.0507. The molecule has 3 atom stereocenters. The lowest BCUT2D eigenvalue weighted by atomic mass is 10.0. The number of rotatable bonds is 30. The molecule has 0 saturated carbocycles. The molecule has 41 heavy (non-hydrogen) atoms. The van der Waals surface area contributed by atoms with E-state index in [1.54, 1.807) is 6.08 Å². The van der Waals surface area contributed by atoms with Gasteiger partial charge in [0, 0.05) is 0 Å². The zero-order valence-electron chi connectivity index (χ0n) is 26.9. The molecule has 240 valence electrons. The third kappa shape index (κ3) is 28.5. The average molecular weight is 578 g/mol. The lowest BCUT2D eigenvalue weighted by molar-refractivity contribution is -0.124. The fourth-order valence-corrected chi connectivity index (χ4v) is 4.96. The number of hydrogen-bond acceptors (Lipinski definition) is 4. The maximum absolute atomic E-state index is 12.3. The van der Waals surface area contributed by atoms with Gasteiger partial charge in [-0.25, -0.2) is 0 Å². The molecular weight excluding hydrogens is 510 g/mol. The Morgan fingerprint density at radius 1 is 0.610 bits per heavy atom. The molecule has 0 radical (unpaired) electrons. The molecule has 1 amide bonds. The molecule has 0 saturated heterocycles. The van der Waals surface area contributed by atoms with Crippen LogP contribution in [0.1, 0.15) is 162 Å². The third-order valence-corrected chi connectivity index (χ3v) is 7.66. The van der Waals surface area contributed by atoms with Gasteiger partial charge in [-0.1, -0.05) is 147 Å². The van der Waals surface area contributed by atoms with Crippen LogP contribution in [0.15, 0.2) is 36.5 Å². The Labute approximate surface area is 254 Å². The van der Waals surface area contributed by atoms with E-state index in [-0.39, 0.29) is 18.9 Å². The van der Waals surface area contributed by atoms with Crippen LogP contribution in [0.2, 0.25) is 0 Å². The van der Waals surface area contributed by atoms with Gasteiger partial charge in [-0.15, -0.1) is 0 Å². The zero-order valence-corrected chi connectivity index (χ0v) is 26.9. The SMILES string of the molecule is CCCCCCCC/C=C/CC/C=C/CC/C=C/C(O)C(CO)NC(=O)CC(O)CCCCCCCCCCCC. The number of hydrogen-bond donors (Lipinski definition) is 4. The molecule has 3 unspecified atom stereocenters. The van der Waals surface area contributed by atoms with Crippen molar-refractivity contribution in [3.63, 3.8) is 0 Å². The summed E-state index contributed by atoms with van der Waals surface area (Å²) in [5.41, 5.74) is 0. The molecule has 0 aliphatic rings. The molecule has 0 aromatic heterocycles. The lowest BCUT2D eigenvalue weighted by Crippen LogP contribution is -2.45. The Bertz CT molecular complexity index is 645. The first kappa shape index (κ1) is 39.6. The maximum Gasteiger partial charge on any atom is 0.222 e. The summed E-state index contributed by atoms with van der Waals surface area (Å²) in [6.45, 7) is 4.14. The summed E-state index contributed by atoms with van der Waals surface area (Å²) in [6.07, 6.45) is 36.9. The van der Waals surface area contributed by atoms with Gasteiger partial charge < -0.3 is 20.6 Å². The summed E-state index contributed by atoms with van der Waals surface area (Å²) in [4.78, 5) is 12.3. The molecule has 0 heterocycles. The average Bonchev–Trinajstić information content (AvgIpc) is 2.96. The molecule has 0 aromatic rings. The summed E-state index contributed by atoms with van der Waals surface area (Å²) in [5.74, 6) is -0.333. The van der Waals surface area contributed by atoms with Crippen molar-refractivity contribution in [1.29, 1.82) is 0 Å². The van der Waals surface area contributed by atoms with E-state index < -0.39 is 18.2 Å². The number of carbonyl (C=O) groups is 1. The molecule has 0 aliphatic heterocycles. The van der Waals surface area contributed by atoms with Crippen molar-refractivity contribution < 1.29 is 20.1 Å². The summed E-state index contributed by atoms with van der Waals surface area (Å²) in [6, 6.07) is -0.762. The first-order chi connectivity index (χ1) is 20.0. The highest BCUT2D eigenvalue weighted by Crippen LogP contribution is 2.13. The molecule has 0 rings (SSSR count). The van der Waals surface area contributed by atoms with Crippen molar-refractivity contribution in [3.8, 4) is 0 Å². The van der Waals surface area contributed by atoms with Gasteiger partial charge in [0.05, 0.1) is 31.3 Å². The highest BCUT2D eigenvalue weighted by molar-refractivity contribution is 5.76. The largest absolute Gasteiger partial charge is 0.394 e. The Morgan fingerprint density at radius 3 is 1.56 bits per heavy atom. The van der Waals surface area contributed by atoms with E-state index in [1.165, 1.54) is 96.3 Å². The van der Waals surface area contributed by atoms with E-state index in [1.807, 2.05) is 6.08 Å². The Hall–Kier alpha value is -1.43. The molecule has 5 nitrogen and oxygen atoms in total. The van der Waals surface area contributed by atoms with Crippen molar-refractivity contribution >= 4 is 5.91 Å². The van der Waals surface area contributed by atoms with Crippen LogP contribution in [0.5, 0.6) is 0 Å². The molecule has 0 aliphatic carbocycles. The van der Waals surface area contributed by atoms with E-state index in [2.05, 4.69) is 43.5 Å². The Kier molecular flexibility index (Phi) is 30.4. The van der Waals surface area contributed by atoms with Crippen molar-refractivity contribution in [1.82, 2.24) is 5.32 Å². The minimum absolute atomic E-state index is 0.00337. The normalized spacial score (nSPS) is 14.4. The highest BCUT2D eigenvalue weighted by atomic mass is 16.3. The van der Waals surface area contributed by atoms with Gasteiger partial charge in [0.1, 0.15) is 0 Å². The monoisotopic (exact) mass is 578 g/mol. The summed E-state index contributed by atoms with van der Waals surface area (Å²) in [7, 11) is 0. The fraction of sp³-hybridized carbons (Fsp3) is 0.806. The Balaban J connectivity index is 3.86. The van der Waals surface area contributed by atoms with Gasteiger partial charge in [0.2, 0.25) is 5.91 Å². The number of aliphatic hydroxyl groups is 3. The first-order valence-corrected chi connectivity index (χ1v) is 17.3. The summed E-state index contributed by atoms with van der Waals surface area (Å²) >= 11 is 0.